The predicted molar refractivity (Wildman–Crippen MR) is 95.5 cm³/mol. The molecule has 0 unspecified atom stereocenters. The first-order chi connectivity index (χ1) is 11.6. The summed E-state index contributed by atoms with van der Waals surface area (Å²) in [5.74, 6) is 0.639. The van der Waals surface area contributed by atoms with Crippen LogP contribution in [0.4, 0.5) is 16.4 Å². The van der Waals surface area contributed by atoms with Crippen molar-refractivity contribution in [3.63, 3.8) is 0 Å². The summed E-state index contributed by atoms with van der Waals surface area (Å²) >= 11 is 0. The summed E-state index contributed by atoms with van der Waals surface area (Å²) in [6, 6.07) is 8.09. The zero-order valence-electron chi connectivity index (χ0n) is 14.4. The van der Waals surface area contributed by atoms with Gasteiger partial charge in [-0.1, -0.05) is 19.1 Å². The van der Waals surface area contributed by atoms with E-state index in [1.165, 1.54) is 11.1 Å². The van der Waals surface area contributed by atoms with E-state index in [0.717, 1.165) is 30.8 Å². The molecule has 1 aliphatic rings. The van der Waals surface area contributed by atoms with E-state index in [-0.39, 0.29) is 6.03 Å². The second-order valence-electron chi connectivity index (χ2n) is 6.12. The molecule has 126 valence electrons. The molecular formula is C18H23N5O. The number of fused-ring (bicyclic) bond motifs is 1. The molecule has 0 spiro atoms. The fraction of sp³-hybridized carbons (Fsp3) is 0.389. The van der Waals surface area contributed by atoms with Crippen LogP contribution in [0.5, 0.6) is 0 Å². The van der Waals surface area contributed by atoms with Crippen molar-refractivity contribution in [1.82, 2.24) is 15.3 Å². The fourth-order valence-corrected chi connectivity index (χ4v) is 2.85. The Bertz CT molecular complexity index is 744. The maximum Gasteiger partial charge on any atom is 0.322 e. The van der Waals surface area contributed by atoms with Gasteiger partial charge in [-0.2, -0.15) is 0 Å². The van der Waals surface area contributed by atoms with Gasteiger partial charge in [-0.05, 0) is 36.1 Å². The first-order valence-electron chi connectivity index (χ1n) is 8.25. The van der Waals surface area contributed by atoms with Crippen molar-refractivity contribution in [3.05, 3.63) is 47.3 Å². The van der Waals surface area contributed by atoms with Crippen molar-refractivity contribution < 1.29 is 4.79 Å². The topological polar surface area (TPSA) is 61.4 Å². The molecule has 0 atom stereocenters. The smallest absolute Gasteiger partial charge is 0.322 e. The van der Waals surface area contributed by atoms with Crippen molar-refractivity contribution in [3.8, 4) is 0 Å². The fourth-order valence-electron chi connectivity index (χ4n) is 2.85. The molecule has 1 aliphatic heterocycles. The van der Waals surface area contributed by atoms with Crippen molar-refractivity contribution in [2.24, 2.45) is 0 Å². The lowest BCUT2D eigenvalue weighted by atomic mass is 10.1. The molecule has 0 aliphatic carbocycles. The third-order valence-electron chi connectivity index (χ3n) is 4.21. The molecule has 1 N–H and O–H groups in total. The van der Waals surface area contributed by atoms with Crippen molar-refractivity contribution in [2.75, 3.05) is 30.4 Å². The average Bonchev–Trinajstić information content (AvgIpc) is 3.03. The van der Waals surface area contributed by atoms with Crippen LogP contribution >= 0.6 is 0 Å². The van der Waals surface area contributed by atoms with Gasteiger partial charge in [0.05, 0.1) is 12.2 Å². The molecule has 0 bridgehead atoms. The molecule has 0 saturated carbocycles. The molecule has 0 fully saturated rings. The minimum absolute atomic E-state index is 0.0805. The molecule has 0 radical (unpaired) electrons. The Morgan fingerprint density at radius 1 is 1.33 bits per heavy atom. The van der Waals surface area contributed by atoms with E-state index >= 15 is 0 Å². The minimum Gasteiger partial charge on any atom is -0.347 e. The predicted octanol–water partition coefficient (Wildman–Crippen LogP) is 2.38. The number of aromatic nitrogens is 2. The van der Waals surface area contributed by atoms with E-state index in [1.54, 1.807) is 6.20 Å². The Kier molecular flexibility index (Phi) is 4.64. The van der Waals surface area contributed by atoms with E-state index in [0.29, 0.717) is 12.5 Å². The SMILES string of the molecule is CCc1ccc2c(c1)CCN2C(=O)NCc1ccnc(N(C)C)n1. The van der Waals surface area contributed by atoms with Crippen molar-refractivity contribution >= 4 is 17.7 Å². The lowest BCUT2D eigenvalue weighted by molar-refractivity contribution is 0.246. The lowest BCUT2D eigenvalue weighted by Crippen LogP contribution is -2.38. The Morgan fingerprint density at radius 3 is 2.92 bits per heavy atom. The van der Waals surface area contributed by atoms with Crippen LogP contribution in [0.1, 0.15) is 23.7 Å². The molecule has 0 saturated heterocycles. The number of anilines is 2. The summed E-state index contributed by atoms with van der Waals surface area (Å²) in [4.78, 5) is 24.8. The van der Waals surface area contributed by atoms with Crippen LogP contribution in [-0.2, 0) is 19.4 Å². The molecule has 24 heavy (non-hydrogen) atoms. The van der Waals surface area contributed by atoms with E-state index in [9.17, 15) is 4.79 Å². The normalized spacial score (nSPS) is 12.9. The van der Waals surface area contributed by atoms with Crippen LogP contribution in [0.15, 0.2) is 30.5 Å². The Labute approximate surface area is 142 Å². The van der Waals surface area contributed by atoms with Gasteiger partial charge in [0.15, 0.2) is 0 Å². The summed E-state index contributed by atoms with van der Waals surface area (Å²) in [6.07, 6.45) is 3.64. The molecule has 3 rings (SSSR count). The maximum atomic E-state index is 12.5. The van der Waals surface area contributed by atoms with Crippen molar-refractivity contribution in [1.29, 1.82) is 0 Å². The van der Waals surface area contributed by atoms with E-state index in [1.807, 2.05) is 30.0 Å². The summed E-state index contributed by atoms with van der Waals surface area (Å²) < 4.78 is 0. The van der Waals surface area contributed by atoms with Gasteiger partial charge in [0.25, 0.3) is 0 Å². The first-order valence-corrected chi connectivity index (χ1v) is 8.25. The summed E-state index contributed by atoms with van der Waals surface area (Å²) in [5.41, 5.74) is 4.37. The number of carbonyl (C=O) groups is 1. The number of benzene rings is 1. The number of nitrogens with zero attached hydrogens (tertiary/aromatic N) is 4. The highest BCUT2D eigenvalue weighted by Gasteiger charge is 2.24. The summed E-state index contributed by atoms with van der Waals surface area (Å²) in [7, 11) is 3.78. The van der Waals surface area contributed by atoms with Crippen molar-refractivity contribution in [2.45, 2.75) is 26.3 Å². The van der Waals surface area contributed by atoms with Gasteiger partial charge in [-0.15, -0.1) is 0 Å². The monoisotopic (exact) mass is 325 g/mol. The molecule has 6 heteroatoms. The number of hydrogen-bond acceptors (Lipinski definition) is 4. The number of aryl methyl sites for hydroxylation is 1. The lowest BCUT2D eigenvalue weighted by Gasteiger charge is -2.18. The Balaban J connectivity index is 1.66. The standard InChI is InChI=1S/C18H23N5O/c1-4-13-5-6-16-14(11-13)8-10-23(16)18(24)20-12-15-7-9-19-17(21-15)22(2)3/h5-7,9,11H,4,8,10,12H2,1-3H3,(H,20,24). The third-order valence-corrected chi connectivity index (χ3v) is 4.21. The van der Waals surface area contributed by atoms with Crippen LogP contribution < -0.4 is 15.1 Å². The zero-order chi connectivity index (χ0) is 17.1. The van der Waals surface area contributed by atoms with Crippen LogP contribution in [0.2, 0.25) is 0 Å². The number of hydrogen-bond donors (Lipinski definition) is 1. The molecule has 2 aromatic rings. The average molecular weight is 325 g/mol. The first kappa shape index (κ1) is 16.2. The maximum absolute atomic E-state index is 12.5. The molecular weight excluding hydrogens is 302 g/mol. The van der Waals surface area contributed by atoms with Gasteiger partial charge < -0.3 is 10.2 Å². The highest BCUT2D eigenvalue weighted by Crippen LogP contribution is 2.29. The molecule has 2 heterocycles. The quantitative estimate of drug-likeness (QED) is 0.937. The minimum atomic E-state index is -0.0805. The summed E-state index contributed by atoms with van der Waals surface area (Å²) in [5, 5.41) is 2.95. The molecule has 1 aromatic heterocycles. The van der Waals surface area contributed by atoms with Gasteiger partial charge in [0.1, 0.15) is 0 Å². The van der Waals surface area contributed by atoms with Gasteiger partial charge >= 0.3 is 6.03 Å². The highest BCUT2D eigenvalue weighted by atomic mass is 16.2. The van der Waals surface area contributed by atoms with Gasteiger partial charge in [-0.25, -0.2) is 14.8 Å². The highest BCUT2D eigenvalue weighted by molar-refractivity contribution is 5.94. The van der Waals surface area contributed by atoms with E-state index in [4.69, 9.17) is 0 Å². The number of carbonyl (C=O) groups excluding carboxylic acids is 1. The zero-order valence-corrected chi connectivity index (χ0v) is 14.4. The molecule has 6 nitrogen and oxygen atoms in total. The Morgan fingerprint density at radius 2 is 2.17 bits per heavy atom. The van der Waals surface area contributed by atoms with E-state index < -0.39 is 0 Å². The van der Waals surface area contributed by atoms with Gasteiger partial charge in [-0.3, -0.25) is 4.90 Å². The second-order valence-corrected chi connectivity index (χ2v) is 6.12. The van der Waals surface area contributed by atoms with E-state index in [2.05, 4.69) is 40.4 Å². The number of nitrogens with one attached hydrogen (secondary N) is 1. The molecule has 1 aromatic carbocycles. The third kappa shape index (κ3) is 3.32. The van der Waals surface area contributed by atoms with Crippen LogP contribution in [0.25, 0.3) is 0 Å². The summed E-state index contributed by atoms with van der Waals surface area (Å²) in [6.45, 7) is 3.26. The van der Waals surface area contributed by atoms with Crippen LogP contribution in [0, 0.1) is 0 Å². The van der Waals surface area contributed by atoms with Gasteiger partial charge in [0.2, 0.25) is 5.95 Å². The van der Waals surface area contributed by atoms with Crippen LogP contribution in [-0.4, -0.2) is 36.6 Å². The second kappa shape index (κ2) is 6.86. The number of urea groups is 1. The largest absolute Gasteiger partial charge is 0.347 e. The number of rotatable bonds is 4. The number of amides is 2. The van der Waals surface area contributed by atoms with Crippen LogP contribution in [0.3, 0.4) is 0 Å². The molecule has 2 amide bonds. The van der Waals surface area contributed by atoms with Gasteiger partial charge in [0, 0.05) is 32.5 Å². The Hall–Kier alpha value is -2.63.